The lowest BCUT2D eigenvalue weighted by atomic mass is 10.1. The van der Waals surface area contributed by atoms with Gasteiger partial charge in [0.15, 0.2) is 17.3 Å². The molecule has 2 amide bonds. The van der Waals surface area contributed by atoms with Gasteiger partial charge in [-0.05, 0) is 29.8 Å². The average molecular weight is 410 g/mol. The average Bonchev–Trinajstić information content (AvgIpc) is 3.24. The van der Waals surface area contributed by atoms with Crippen LogP contribution in [0.1, 0.15) is 16.1 Å². The van der Waals surface area contributed by atoms with Crippen LogP contribution in [0.25, 0.3) is 0 Å². The second-order valence-corrected chi connectivity index (χ2v) is 6.17. The van der Waals surface area contributed by atoms with Crippen LogP contribution >= 0.6 is 12.4 Å². The first-order valence-electron chi connectivity index (χ1n) is 8.72. The number of methoxy groups -OCH3 is 1. The van der Waals surface area contributed by atoms with Gasteiger partial charge in [0.05, 0.1) is 13.4 Å². The Morgan fingerprint density at radius 3 is 2.50 bits per heavy atom. The number of halogens is 1. The zero-order valence-electron chi connectivity index (χ0n) is 15.8. The zero-order valence-corrected chi connectivity index (χ0v) is 16.7. The molecular formula is C19H24ClN3O5. The van der Waals surface area contributed by atoms with Gasteiger partial charge < -0.3 is 24.1 Å². The Labute approximate surface area is 169 Å². The van der Waals surface area contributed by atoms with Gasteiger partial charge in [-0.15, -0.1) is 12.4 Å². The summed E-state index contributed by atoms with van der Waals surface area (Å²) >= 11 is 0. The monoisotopic (exact) mass is 409 g/mol. The largest absolute Gasteiger partial charge is 0.493 e. The van der Waals surface area contributed by atoms with Crippen molar-refractivity contribution in [3.63, 3.8) is 0 Å². The first kappa shape index (κ1) is 21.6. The highest BCUT2D eigenvalue weighted by Gasteiger charge is 2.23. The smallest absolute Gasteiger partial charge is 0.412 e. The molecule has 1 N–H and O–H groups in total. The van der Waals surface area contributed by atoms with E-state index in [1.807, 2.05) is 12.1 Å². The van der Waals surface area contributed by atoms with Gasteiger partial charge in [0.25, 0.3) is 5.91 Å². The molecule has 1 saturated heterocycles. The summed E-state index contributed by atoms with van der Waals surface area (Å²) in [5, 5.41) is 2.40. The molecule has 1 aromatic heterocycles. The Morgan fingerprint density at radius 1 is 1.14 bits per heavy atom. The van der Waals surface area contributed by atoms with Gasteiger partial charge in [0, 0.05) is 39.8 Å². The van der Waals surface area contributed by atoms with Crippen molar-refractivity contribution in [3.05, 3.63) is 47.9 Å². The molecule has 152 valence electrons. The molecule has 28 heavy (non-hydrogen) atoms. The predicted molar refractivity (Wildman–Crippen MR) is 105 cm³/mol. The summed E-state index contributed by atoms with van der Waals surface area (Å²) in [5.41, 5.74) is 1.04. The molecule has 0 aliphatic carbocycles. The second kappa shape index (κ2) is 10.0. The molecular weight excluding hydrogens is 386 g/mol. The Kier molecular flexibility index (Phi) is 7.71. The summed E-state index contributed by atoms with van der Waals surface area (Å²) in [5.74, 6) is 1.18. The highest BCUT2D eigenvalue weighted by molar-refractivity contribution is 5.91. The van der Waals surface area contributed by atoms with Crippen LogP contribution in [-0.4, -0.2) is 62.1 Å². The van der Waals surface area contributed by atoms with E-state index in [1.165, 1.54) is 20.4 Å². The summed E-state index contributed by atoms with van der Waals surface area (Å²) in [6.45, 7) is 3.55. The Bertz CT molecular complexity index is 789. The molecule has 3 rings (SSSR count). The van der Waals surface area contributed by atoms with Crippen molar-refractivity contribution in [1.29, 1.82) is 0 Å². The number of nitrogens with one attached hydrogen (secondary N) is 1. The third-order valence-electron chi connectivity index (χ3n) is 4.43. The van der Waals surface area contributed by atoms with Gasteiger partial charge in [-0.3, -0.25) is 9.69 Å². The van der Waals surface area contributed by atoms with Crippen molar-refractivity contribution in [2.45, 2.75) is 6.54 Å². The number of nitrogens with zero attached hydrogens (tertiary/aromatic N) is 2. The van der Waals surface area contributed by atoms with Crippen LogP contribution in [0.4, 0.5) is 4.79 Å². The molecule has 1 aromatic carbocycles. The van der Waals surface area contributed by atoms with E-state index in [4.69, 9.17) is 13.9 Å². The molecule has 0 spiro atoms. The van der Waals surface area contributed by atoms with Crippen molar-refractivity contribution >= 4 is 24.4 Å². The van der Waals surface area contributed by atoms with E-state index in [0.717, 1.165) is 25.2 Å². The van der Waals surface area contributed by atoms with Gasteiger partial charge in [-0.2, -0.15) is 0 Å². The normalized spacial score (nSPS) is 14.1. The van der Waals surface area contributed by atoms with Crippen LogP contribution in [0.15, 0.2) is 41.0 Å². The van der Waals surface area contributed by atoms with E-state index in [-0.39, 0.29) is 18.3 Å². The van der Waals surface area contributed by atoms with E-state index in [9.17, 15) is 9.59 Å². The number of carbonyl (C=O) groups excluding carboxylic acids is 2. The van der Waals surface area contributed by atoms with Gasteiger partial charge in [-0.1, -0.05) is 6.07 Å². The minimum atomic E-state index is -0.543. The first-order valence-corrected chi connectivity index (χ1v) is 8.72. The summed E-state index contributed by atoms with van der Waals surface area (Å²) in [6, 6.07) is 8.89. The molecule has 2 heterocycles. The van der Waals surface area contributed by atoms with Crippen LogP contribution in [0, 0.1) is 0 Å². The molecule has 0 saturated carbocycles. The van der Waals surface area contributed by atoms with Crippen LogP contribution in [0.5, 0.6) is 11.5 Å². The number of furan rings is 1. The minimum absolute atomic E-state index is 0. The molecule has 9 heteroatoms. The highest BCUT2D eigenvalue weighted by Crippen LogP contribution is 2.28. The fourth-order valence-corrected chi connectivity index (χ4v) is 2.97. The third kappa shape index (κ3) is 5.17. The van der Waals surface area contributed by atoms with E-state index >= 15 is 0 Å². The zero-order chi connectivity index (χ0) is 19.2. The topological polar surface area (TPSA) is 84.3 Å². The molecule has 8 nitrogen and oxygen atoms in total. The highest BCUT2D eigenvalue weighted by atomic mass is 35.5. The van der Waals surface area contributed by atoms with Gasteiger partial charge in [0.1, 0.15) is 0 Å². The van der Waals surface area contributed by atoms with Crippen LogP contribution in [0.2, 0.25) is 0 Å². The molecule has 1 aliphatic heterocycles. The van der Waals surface area contributed by atoms with Crippen molar-refractivity contribution < 1.29 is 23.5 Å². The SMILES string of the molecule is CNC(=O)Oc1ccc(CN2CCN(C(=O)c3ccco3)CC2)cc1OC.Cl. The van der Waals surface area contributed by atoms with E-state index in [0.29, 0.717) is 30.3 Å². The van der Waals surface area contributed by atoms with E-state index in [1.54, 1.807) is 23.1 Å². The van der Waals surface area contributed by atoms with Crippen LogP contribution in [0.3, 0.4) is 0 Å². The number of amides is 2. The Morgan fingerprint density at radius 2 is 1.89 bits per heavy atom. The molecule has 0 radical (unpaired) electrons. The number of benzene rings is 1. The quantitative estimate of drug-likeness (QED) is 0.816. The molecule has 1 fully saturated rings. The van der Waals surface area contributed by atoms with Gasteiger partial charge in [0.2, 0.25) is 0 Å². The number of piperazine rings is 1. The Hall–Kier alpha value is -2.71. The van der Waals surface area contributed by atoms with Crippen molar-refractivity contribution in [2.75, 3.05) is 40.3 Å². The molecule has 2 aromatic rings. The lowest BCUT2D eigenvalue weighted by Crippen LogP contribution is -2.48. The predicted octanol–water partition coefficient (Wildman–Crippen LogP) is 2.39. The molecule has 0 bridgehead atoms. The van der Waals surface area contributed by atoms with Gasteiger partial charge >= 0.3 is 6.09 Å². The standard InChI is InChI=1S/C19H23N3O5.ClH/c1-20-19(24)27-15-6-5-14(12-17(15)25-2)13-21-7-9-22(10-8-21)18(23)16-4-3-11-26-16;/h3-6,11-12H,7-10,13H2,1-2H3,(H,20,24);1H. The third-order valence-corrected chi connectivity index (χ3v) is 4.43. The van der Waals surface area contributed by atoms with Crippen molar-refractivity contribution in [1.82, 2.24) is 15.1 Å². The number of ether oxygens (including phenoxy) is 2. The lowest BCUT2D eigenvalue weighted by molar-refractivity contribution is 0.0597. The number of hydrogen-bond acceptors (Lipinski definition) is 6. The van der Waals surface area contributed by atoms with Crippen LogP contribution < -0.4 is 14.8 Å². The summed E-state index contributed by atoms with van der Waals surface area (Å²) < 4.78 is 15.7. The molecule has 0 atom stereocenters. The minimum Gasteiger partial charge on any atom is -0.493 e. The second-order valence-electron chi connectivity index (χ2n) is 6.17. The maximum atomic E-state index is 12.3. The number of carbonyl (C=O) groups is 2. The van der Waals surface area contributed by atoms with Crippen molar-refractivity contribution in [2.24, 2.45) is 0 Å². The molecule has 0 unspecified atom stereocenters. The number of rotatable bonds is 5. The fourth-order valence-electron chi connectivity index (χ4n) is 2.97. The maximum Gasteiger partial charge on any atom is 0.412 e. The van der Waals surface area contributed by atoms with E-state index in [2.05, 4.69) is 10.2 Å². The first-order chi connectivity index (χ1) is 13.1. The summed E-state index contributed by atoms with van der Waals surface area (Å²) in [6.07, 6.45) is 0.965. The maximum absolute atomic E-state index is 12.3. The Balaban J connectivity index is 0.00000280. The van der Waals surface area contributed by atoms with Gasteiger partial charge in [-0.25, -0.2) is 4.79 Å². The lowest BCUT2D eigenvalue weighted by Gasteiger charge is -2.34. The van der Waals surface area contributed by atoms with Crippen molar-refractivity contribution in [3.8, 4) is 11.5 Å². The van der Waals surface area contributed by atoms with E-state index < -0.39 is 6.09 Å². The number of hydrogen-bond donors (Lipinski definition) is 1. The summed E-state index contributed by atoms with van der Waals surface area (Å²) in [7, 11) is 3.04. The fraction of sp³-hybridized carbons (Fsp3) is 0.368. The molecule has 1 aliphatic rings. The summed E-state index contributed by atoms with van der Waals surface area (Å²) in [4.78, 5) is 27.8. The van der Waals surface area contributed by atoms with Crippen LogP contribution in [-0.2, 0) is 6.54 Å².